The van der Waals surface area contributed by atoms with E-state index < -0.39 is 5.54 Å². The average molecular weight is 264 g/mol. The Hall–Kier alpha value is -1.08. The van der Waals surface area contributed by atoms with Gasteiger partial charge in [-0.1, -0.05) is 19.3 Å². The molecule has 1 N–H and O–H groups in total. The van der Waals surface area contributed by atoms with Crippen LogP contribution in [0.3, 0.4) is 0 Å². The monoisotopic (exact) mass is 264 g/mol. The highest BCUT2D eigenvalue weighted by Gasteiger charge is 2.36. The lowest BCUT2D eigenvalue weighted by atomic mass is 9.79. The van der Waals surface area contributed by atoms with E-state index in [4.69, 9.17) is 4.74 Å². The van der Waals surface area contributed by atoms with Gasteiger partial charge in [-0.05, 0) is 38.5 Å². The van der Waals surface area contributed by atoms with E-state index in [0.717, 1.165) is 45.1 Å². The van der Waals surface area contributed by atoms with Crippen LogP contribution in [0, 0.1) is 17.2 Å². The Morgan fingerprint density at radius 3 is 2.63 bits per heavy atom. The fourth-order valence-corrected chi connectivity index (χ4v) is 3.21. The van der Waals surface area contributed by atoms with Crippen LogP contribution < -0.4 is 5.32 Å². The van der Waals surface area contributed by atoms with E-state index in [1.54, 1.807) is 0 Å². The maximum atomic E-state index is 12.0. The summed E-state index contributed by atoms with van der Waals surface area (Å²) in [4.78, 5) is 12.0. The summed E-state index contributed by atoms with van der Waals surface area (Å²) >= 11 is 0. The van der Waals surface area contributed by atoms with E-state index in [1.165, 1.54) is 6.42 Å². The molecule has 4 heteroatoms. The number of nitriles is 1. The summed E-state index contributed by atoms with van der Waals surface area (Å²) < 4.78 is 5.50. The fraction of sp³-hybridized carbons (Fsp3) is 0.867. The molecule has 0 aromatic heterocycles. The SMILES string of the molecule is CCOC1CC(CC(=O)NC2(C#N)CCCCC2)C1. The maximum absolute atomic E-state index is 12.0. The van der Waals surface area contributed by atoms with Crippen LogP contribution in [0.1, 0.15) is 58.3 Å². The second kappa shape index (κ2) is 6.38. The summed E-state index contributed by atoms with van der Waals surface area (Å²) in [5.74, 6) is 0.485. The Morgan fingerprint density at radius 1 is 1.37 bits per heavy atom. The molecule has 0 aliphatic heterocycles. The second-order valence-electron chi connectivity index (χ2n) is 5.92. The number of ether oxygens (including phenoxy) is 1. The third kappa shape index (κ3) is 3.70. The summed E-state index contributed by atoms with van der Waals surface area (Å²) in [5, 5.41) is 12.3. The van der Waals surface area contributed by atoms with Crippen molar-refractivity contribution in [2.45, 2.75) is 69.9 Å². The van der Waals surface area contributed by atoms with E-state index >= 15 is 0 Å². The van der Waals surface area contributed by atoms with E-state index in [-0.39, 0.29) is 5.91 Å². The number of amides is 1. The molecule has 2 aliphatic carbocycles. The van der Waals surface area contributed by atoms with Gasteiger partial charge >= 0.3 is 0 Å². The van der Waals surface area contributed by atoms with E-state index in [2.05, 4.69) is 11.4 Å². The number of carbonyl (C=O) groups is 1. The molecule has 2 rings (SSSR count). The van der Waals surface area contributed by atoms with Crippen LogP contribution in [0.15, 0.2) is 0 Å². The number of hydrogen-bond donors (Lipinski definition) is 1. The molecule has 2 fully saturated rings. The molecule has 19 heavy (non-hydrogen) atoms. The first-order chi connectivity index (χ1) is 9.17. The van der Waals surface area contributed by atoms with Crippen molar-refractivity contribution in [2.75, 3.05) is 6.61 Å². The van der Waals surface area contributed by atoms with E-state index in [1.807, 2.05) is 6.92 Å². The summed E-state index contributed by atoms with van der Waals surface area (Å²) in [7, 11) is 0. The first kappa shape index (κ1) is 14.3. The number of rotatable bonds is 5. The number of hydrogen-bond acceptors (Lipinski definition) is 3. The highest BCUT2D eigenvalue weighted by atomic mass is 16.5. The third-order valence-electron chi connectivity index (χ3n) is 4.37. The fourth-order valence-electron chi connectivity index (χ4n) is 3.21. The molecule has 0 saturated heterocycles. The van der Waals surface area contributed by atoms with Crippen molar-refractivity contribution in [2.24, 2.45) is 5.92 Å². The van der Waals surface area contributed by atoms with Crippen LogP contribution in [0.25, 0.3) is 0 Å². The summed E-state index contributed by atoms with van der Waals surface area (Å²) in [6, 6.07) is 2.33. The van der Waals surface area contributed by atoms with Crippen LogP contribution >= 0.6 is 0 Å². The number of nitrogens with zero attached hydrogens (tertiary/aromatic N) is 1. The third-order valence-corrected chi connectivity index (χ3v) is 4.37. The normalized spacial score (nSPS) is 29.1. The minimum Gasteiger partial charge on any atom is -0.378 e. The smallest absolute Gasteiger partial charge is 0.221 e. The topological polar surface area (TPSA) is 62.1 Å². The highest BCUT2D eigenvalue weighted by Crippen LogP contribution is 2.33. The van der Waals surface area contributed by atoms with Gasteiger partial charge in [-0.15, -0.1) is 0 Å². The summed E-state index contributed by atoms with van der Waals surface area (Å²) in [5.41, 5.74) is -0.585. The predicted octanol–water partition coefficient (Wildman–Crippen LogP) is 2.53. The molecule has 0 heterocycles. The zero-order valence-corrected chi connectivity index (χ0v) is 11.8. The lowest BCUT2D eigenvalue weighted by molar-refractivity contribution is -0.126. The van der Waals surface area contributed by atoms with Crippen molar-refractivity contribution in [3.05, 3.63) is 0 Å². The number of nitrogens with one attached hydrogen (secondary N) is 1. The zero-order chi connectivity index (χ0) is 13.7. The van der Waals surface area contributed by atoms with Crippen LogP contribution in [-0.4, -0.2) is 24.2 Å². The van der Waals surface area contributed by atoms with Crippen molar-refractivity contribution < 1.29 is 9.53 Å². The molecular formula is C15H24N2O2. The average Bonchev–Trinajstić information content (AvgIpc) is 2.37. The van der Waals surface area contributed by atoms with Gasteiger partial charge in [0, 0.05) is 13.0 Å². The molecule has 0 unspecified atom stereocenters. The van der Waals surface area contributed by atoms with Crippen molar-refractivity contribution in [1.29, 1.82) is 5.26 Å². The van der Waals surface area contributed by atoms with Gasteiger partial charge in [0.05, 0.1) is 12.2 Å². The second-order valence-corrected chi connectivity index (χ2v) is 5.92. The van der Waals surface area contributed by atoms with Gasteiger partial charge in [-0.3, -0.25) is 4.79 Å². The van der Waals surface area contributed by atoms with Gasteiger partial charge in [-0.25, -0.2) is 0 Å². The number of carbonyl (C=O) groups excluding carboxylic acids is 1. The maximum Gasteiger partial charge on any atom is 0.221 e. The highest BCUT2D eigenvalue weighted by molar-refractivity contribution is 5.77. The molecule has 0 spiro atoms. The Bertz CT molecular complexity index is 350. The molecule has 1 amide bonds. The lowest BCUT2D eigenvalue weighted by Gasteiger charge is -2.36. The Morgan fingerprint density at radius 2 is 2.05 bits per heavy atom. The Labute approximate surface area is 115 Å². The van der Waals surface area contributed by atoms with Crippen LogP contribution in [0.4, 0.5) is 0 Å². The van der Waals surface area contributed by atoms with Gasteiger partial charge in [0.2, 0.25) is 5.91 Å². The van der Waals surface area contributed by atoms with Crippen LogP contribution in [0.2, 0.25) is 0 Å². The zero-order valence-electron chi connectivity index (χ0n) is 11.8. The Kier molecular flexibility index (Phi) is 4.81. The van der Waals surface area contributed by atoms with Crippen molar-refractivity contribution in [3.63, 3.8) is 0 Å². The molecular weight excluding hydrogens is 240 g/mol. The largest absolute Gasteiger partial charge is 0.378 e. The molecule has 0 aromatic carbocycles. The minimum absolute atomic E-state index is 0.0448. The molecule has 2 saturated carbocycles. The van der Waals surface area contributed by atoms with Crippen molar-refractivity contribution in [3.8, 4) is 6.07 Å². The summed E-state index contributed by atoms with van der Waals surface area (Å²) in [6.07, 6.45) is 7.76. The Balaban J connectivity index is 1.74. The minimum atomic E-state index is -0.585. The molecule has 106 valence electrons. The standard InChI is InChI=1S/C15H24N2O2/c1-2-19-13-8-12(9-13)10-14(18)17-15(11-16)6-4-3-5-7-15/h12-13H,2-10H2,1H3,(H,17,18). The van der Waals surface area contributed by atoms with Gasteiger partial charge in [0.1, 0.15) is 5.54 Å². The molecule has 0 bridgehead atoms. The van der Waals surface area contributed by atoms with E-state index in [9.17, 15) is 10.1 Å². The van der Waals surface area contributed by atoms with Crippen LogP contribution in [-0.2, 0) is 9.53 Å². The van der Waals surface area contributed by atoms with Crippen molar-refractivity contribution >= 4 is 5.91 Å². The molecule has 0 aromatic rings. The van der Waals surface area contributed by atoms with Crippen LogP contribution in [0.5, 0.6) is 0 Å². The van der Waals surface area contributed by atoms with E-state index in [0.29, 0.717) is 18.4 Å². The van der Waals surface area contributed by atoms with Gasteiger partial charge in [0.25, 0.3) is 0 Å². The van der Waals surface area contributed by atoms with Gasteiger partial charge in [-0.2, -0.15) is 5.26 Å². The molecule has 2 aliphatic rings. The predicted molar refractivity (Wildman–Crippen MR) is 72.3 cm³/mol. The first-order valence-electron chi connectivity index (χ1n) is 7.51. The van der Waals surface area contributed by atoms with Gasteiger partial charge in [0.15, 0.2) is 0 Å². The summed E-state index contributed by atoms with van der Waals surface area (Å²) in [6.45, 7) is 2.75. The quantitative estimate of drug-likeness (QED) is 0.830. The lowest BCUT2D eigenvalue weighted by Crippen LogP contribution is -2.49. The molecule has 0 radical (unpaired) electrons. The molecule has 0 atom stereocenters. The van der Waals surface area contributed by atoms with Crippen molar-refractivity contribution in [1.82, 2.24) is 5.32 Å². The molecule has 4 nitrogen and oxygen atoms in total. The first-order valence-corrected chi connectivity index (χ1v) is 7.51. The van der Waals surface area contributed by atoms with Gasteiger partial charge < -0.3 is 10.1 Å².